The van der Waals surface area contributed by atoms with Gasteiger partial charge in [-0.3, -0.25) is 0 Å². The van der Waals surface area contributed by atoms with E-state index in [-0.39, 0.29) is 18.3 Å². The van der Waals surface area contributed by atoms with Gasteiger partial charge in [-0.05, 0) is 65.3 Å². The smallest absolute Gasteiger partial charge is 0.399 e. The van der Waals surface area contributed by atoms with Crippen LogP contribution in [0.1, 0.15) is 38.8 Å². The van der Waals surface area contributed by atoms with Crippen LogP contribution in [-0.4, -0.2) is 37.3 Å². The van der Waals surface area contributed by atoms with Crippen molar-refractivity contribution in [1.29, 1.82) is 0 Å². The first-order chi connectivity index (χ1) is 9.14. The lowest BCUT2D eigenvalue weighted by molar-refractivity contribution is 0.00578. The molecule has 3 nitrogen and oxygen atoms in total. The average molecular weight is 275 g/mol. The van der Waals surface area contributed by atoms with Gasteiger partial charge in [0.05, 0.1) is 11.2 Å². The Labute approximate surface area is 123 Å². The minimum absolute atomic E-state index is 0.283. The molecule has 1 heterocycles. The Balaban J connectivity index is 2.37. The van der Waals surface area contributed by atoms with E-state index in [9.17, 15) is 0 Å². The molecular formula is C16H26BNO2. The third kappa shape index (κ3) is 2.78. The van der Waals surface area contributed by atoms with Crippen LogP contribution in [0.4, 0.5) is 0 Å². The van der Waals surface area contributed by atoms with Gasteiger partial charge < -0.3 is 14.2 Å². The average Bonchev–Trinajstić information content (AvgIpc) is 2.50. The van der Waals surface area contributed by atoms with E-state index in [4.69, 9.17) is 9.31 Å². The third-order valence-electron chi connectivity index (χ3n) is 4.43. The van der Waals surface area contributed by atoms with Crippen molar-refractivity contribution in [3.8, 4) is 0 Å². The Morgan fingerprint density at radius 1 is 1.05 bits per heavy atom. The van der Waals surface area contributed by atoms with E-state index in [1.165, 1.54) is 11.1 Å². The maximum absolute atomic E-state index is 6.19. The second-order valence-electron chi connectivity index (χ2n) is 6.97. The molecule has 1 aliphatic heterocycles. The Hall–Kier alpha value is -0.835. The lowest BCUT2D eigenvalue weighted by Crippen LogP contribution is -2.41. The van der Waals surface area contributed by atoms with E-state index in [0.717, 1.165) is 12.0 Å². The number of hydrogen-bond acceptors (Lipinski definition) is 3. The number of aryl methyl sites for hydroxylation is 1. The Morgan fingerprint density at radius 2 is 1.60 bits per heavy atom. The molecule has 0 amide bonds. The Morgan fingerprint density at radius 3 is 2.10 bits per heavy atom. The van der Waals surface area contributed by atoms with Crippen molar-refractivity contribution in [2.75, 3.05) is 14.1 Å². The number of nitrogens with zero attached hydrogens (tertiary/aromatic N) is 1. The molecule has 0 spiro atoms. The molecule has 0 atom stereocenters. The molecule has 0 saturated carbocycles. The minimum atomic E-state index is -0.295. The number of hydrogen-bond donors (Lipinski definition) is 0. The first-order valence-corrected chi connectivity index (χ1v) is 7.23. The van der Waals surface area contributed by atoms with Crippen molar-refractivity contribution in [2.45, 2.75) is 52.4 Å². The zero-order valence-electron chi connectivity index (χ0n) is 13.8. The maximum atomic E-state index is 6.19. The second-order valence-corrected chi connectivity index (χ2v) is 6.97. The molecule has 0 radical (unpaired) electrons. The normalized spacial score (nSPS) is 20.7. The summed E-state index contributed by atoms with van der Waals surface area (Å²) in [5.74, 6) is 0. The summed E-state index contributed by atoms with van der Waals surface area (Å²) in [6.45, 7) is 11.4. The Bertz CT molecular complexity index is 481. The predicted octanol–water partition coefficient (Wildman–Crippen LogP) is 2.36. The van der Waals surface area contributed by atoms with Crippen LogP contribution in [0.3, 0.4) is 0 Å². The van der Waals surface area contributed by atoms with Crippen LogP contribution in [-0.2, 0) is 15.9 Å². The van der Waals surface area contributed by atoms with E-state index < -0.39 is 0 Å². The van der Waals surface area contributed by atoms with Gasteiger partial charge in [0.1, 0.15) is 0 Å². The lowest BCUT2D eigenvalue weighted by atomic mass is 9.74. The molecule has 1 aromatic rings. The SMILES string of the molecule is Cc1cccc(B2OC(C)(C)C(C)(C)O2)c1CN(C)C. The maximum Gasteiger partial charge on any atom is 0.495 e. The second kappa shape index (κ2) is 5.17. The van der Waals surface area contributed by atoms with Gasteiger partial charge in [-0.25, -0.2) is 0 Å². The van der Waals surface area contributed by atoms with Crippen LogP contribution < -0.4 is 5.46 Å². The summed E-state index contributed by atoms with van der Waals surface area (Å²) in [6, 6.07) is 6.34. The zero-order valence-corrected chi connectivity index (χ0v) is 13.8. The highest BCUT2D eigenvalue weighted by molar-refractivity contribution is 6.62. The largest absolute Gasteiger partial charge is 0.495 e. The monoisotopic (exact) mass is 275 g/mol. The van der Waals surface area contributed by atoms with E-state index in [2.05, 4.69) is 71.8 Å². The van der Waals surface area contributed by atoms with Crippen LogP contribution in [0.2, 0.25) is 0 Å². The van der Waals surface area contributed by atoms with Crippen LogP contribution in [0.5, 0.6) is 0 Å². The standard InChI is InChI=1S/C16H26BNO2/c1-12-9-8-10-14(13(12)11-18(6)7)17-19-15(2,3)16(4,5)20-17/h8-10H,11H2,1-7H3. The van der Waals surface area contributed by atoms with Crippen molar-refractivity contribution in [2.24, 2.45) is 0 Å². The molecular weight excluding hydrogens is 249 g/mol. The summed E-state index contributed by atoms with van der Waals surface area (Å²) in [4.78, 5) is 2.18. The van der Waals surface area contributed by atoms with Gasteiger partial charge in [0.25, 0.3) is 0 Å². The first-order valence-electron chi connectivity index (χ1n) is 7.23. The Kier molecular flexibility index (Phi) is 4.02. The molecule has 0 aromatic heterocycles. The minimum Gasteiger partial charge on any atom is -0.399 e. The van der Waals surface area contributed by atoms with Gasteiger partial charge in [0.2, 0.25) is 0 Å². The van der Waals surface area contributed by atoms with Gasteiger partial charge >= 0.3 is 7.12 Å². The summed E-state index contributed by atoms with van der Waals surface area (Å²) < 4.78 is 12.4. The van der Waals surface area contributed by atoms with Gasteiger partial charge in [-0.1, -0.05) is 18.2 Å². The fourth-order valence-corrected chi connectivity index (χ4v) is 2.45. The molecule has 1 aliphatic rings. The highest BCUT2D eigenvalue weighted by Gasteiger charge is 2.52. The molecule has 1 fully saturated rings. The fraction of sp³-hybridized carbons (Fsp3) is 0.625. The quantitative estimate of drug-likeness (QED) is 0.790. The molecule has 0 unspecified atom stereocenters. The molecule has 0 bridgehead atoms. The van der Waals surface area contributed by atoms with E-state index >= 15 is 0 Å². The van der Waals surface area contributed by atoms with Gasteiger partial charge in [-0.15, -0.1) is 0 Å². The van der Waals surface area contributed by atoms with Crippen molar-refractivity contribution in [3.05, 3.63) is 29.3 Å². The zero-order chi connectivity index (χ0) is 15.1. The summed E-state index contributed by atoms with van der Waals surface area (Å²) >= 11 is 0. The highest BCUT2D eigenvalue weighted by atomic mass is 16.7. The molecule has 110 valence electrons. The van der Waals surface area contributed by atoms with Crippen LogP contribution in [0.25, 0.3) is 0 Å². The molecule has 4 heteroatoms. The molecule has 2 rings (SSSR count). The summed E-state index contributed by atoms with van der Waals surface area (Å²) in [5, 5.41) is 0. The van der Waals surface area contributed by atoms with Crippen LogP contribution >= 0.6 is 0 Å². The highest BCUT2D eigenvalue weighted by Crippen LogP contribution is 2.36. The first kappa shape index (κ1) is 15.6. The van der Waals surface area contributed by atoms with E-state index in [0.29, 0.717) is 0 Å². The van der Waals surface area contributed by atoms with Crippen molar-refractivity contribution >= 4 is 12.6 Å². The van der Waals surface area contributed by atoms with Crippen molar-refractivity contribution in [1.82, 2.24) is 4.90 Å². The predicted molar refractivity (Wildman–Crippen MR) is 84.3 cm³/mol. The number of rotatable bonds is 3. The molecule has 1 saturated heterocycles. The summed E-state index contributed by atoms with van der Waals surface area (Å²) in [7, 11) is 3.89. The van der Waals surface area contributed by atoms with Crippen molar-refractivity contribution in [3.63, 3.8) is 0 Å². The summed E-state index contributed by atoms with van der Waals surface area (Å²) in [6.07, 6.45) is 0. The van der Waals surface area contributed by atoms with E-state index in [1.54, 1.807) is 0 Å². The molecule has 0 aliphatic carbocycles. The van der Waals surface area contributed by atoms with E-state index in [1.807, 2.05) is 0 Å². The third-order valence-corrected chi connectivity index (χ3v) is 4.43. The van der Waals surface area contributed by atoms with Gasteiger partial charge in [0, 0.05) is 6.54 Å². The molecule has 20 heavy (non-hydrogen) atoms. The topological polar surface area (TPSA) is 21.7 Å². The molecule has 0 N–H and O–H groups in total. The number of benzene rings is 1. The fourth-order valence-electron chi connectivity index (χ4n) is 2.45. The van der Waals surface area contributed by atoms with Crippen molar-refractivity contribution < 1.29 is 9.31 Å². The summed E-state index contributed by atoms with van der Waals surface area (Å²) in [5.41, 5.74) is 3.15. The molecule has 1 aromatic carbocycles. The van der Waals surface area contributed by atoms with Crippen LogP contribution in [0, 0.1) is 6.92 Å². The van der Waals surface area contributed by atoms with Crippen LogP contribution in [0.15, 0.2) is 18.2 Å². The lowest BCUT2D eigenvalue weighted by Gasteiger charge is -2.32. The van der Waals surface area contributed by atoms with Gasteiger partial charge in [0.15, 0.2) is 0 Å². The van der Waals surface area contributed by atoms with Gasteiger partial charge in [-0.2, -0.15) is 0 Å².